The first kappa shape index (κ1) is 21.4. The standard InChI is InChI=1S/C19H16F2N2O6S/c1-2-27-15-6-4-3-5-14(15)17-22-16(29-23-17)11-28-18(24)12-7-9-13(10-8-12)30(25,26)19(20)21/h3-10,19H,2,11H2,1H3. The summed E-state index contributed by atoms with van der Waals surface area (Å²) < 4.78 is 63.5. The van der Waals surface area contributed by atoms with Crippen LogP contribution in [0.25, 0.3) is 11.4 Å². The predicted octanol–water partition coefficient (Wildman–Crippen LogP) is 3.49. The number of benzene rings is 2. The molecule has 0 bridgehead atoms. The van der Waals surface area contributed by atoms with Gasteiger partial charge in [0, 0.05) is 0 Å². The maximum absolute atomic E-state index is 12.5. The van der Waals surface area contributed by atoms with Gasteiger partial charge < -0.3 is 14.0 Å². The van der Waals surface area contributed by atoms with Crippen molar-refractivity contribution in [1.29, 1.82) is 0 Å². The van der Waals surface area contributed by atoms with E-state index in [1.165, 1.54) is 0 Å². The van der Waals surface area contributed by atoms with Crippen LogP contribution in [0.4, 0.5) is 8.78 Å². The lowest BCUT2D eigenvalue weighted by Gasteiger charge is -2.06. The minimum absolute atomic E-state index is 0.0235. The molecule has 0 radical (unpaired) electrons. The lowest BCUT2D eigenvalue weighted by atomic mass is 10.2. The minimum atomic E-state index is -4.73. The van der Waals surface area contributed by atoms with Crippen LogP contribution in [0.3, 0.4) is 0 Å². The van der Waals surface area contributed by atoms with Gasteiger partial charge in [-0.25, -0.2) is 13.2 Å². The van der Waals surface area contributed by atoms with E-state index in [0.717, 1.165) is 24.3 Å². The van der Waals surface area contributed by atoms with Crippen molar-refractivity contribution in [3.05, 3.63) is 60.0 Å². The molecule has 11 heteroatoms. The summed E-state index contributed by atoms with van der Waals surface area (Å²) in [5.74, 6) is -3.50. The highest BCUT2D eigenvalue weighted by Crippen LogP contribution is 2.27. The summed E-state index contributed by atoms with van der Waals surface area (Å²) >= 11 is 0. The molecule has 1 aromatic heterocycles. The van der Waals surface area contributed by atoms with Crippen LogP contribution < -0.4 is 4.74 Å². The summed E-state index contributed by atoms with van der Waals surface area (Å²) in [5, 5.41) is 3.84. The van der Waals surface area contributed by atoms with Gasteiger partial charge in [0.1, 0.15) is 5.75 Å². The maximum atomic E-state index is 12.5. The Balaban J connectivity index is 1.66. The minimum Gasteiger partial charge on any atom is -0.493 e. The number of halogens is 2. The normalized spacial score (nSPS) is 11.5. The van der Waals surface area contributed by atoms with E-state index in [4.69, 9.17) is 14.0 Å². The first-order valence-corrected chi connectivity index (χ1v) is 10.2. The molecular formula is C19H16F2N2O6S. The van der Waals surface area contributed by atoms with Crippen molar-refractivity contribution >= 4 is 15.8 Å². The number of alkyl halides is 2. The van der Waals surface area contributed by atoms with E-state index >= 15 is 0 Å². The van der Waals surface area contributed by atoms with E-state index in [9.17, 15) is 22.0 Å². The zero-order valence-electron chi connectivity index (χ0n) is 15.6. The van der Waals surface area contributed by atoms with Crippen LogP contribution in [-0.2, 0) is 21.2 Å². The molecule has 0 aliphatic rings. The van der Waals surface area contributed by atoms with Gasteiger partial charge >= 0.3 is 11.7 Å². The number of para-hydroxylation sites is 1. The monoisotopic (exact) mass is 438 g/mol. The van der Waals surface area contributed by atoms with Crippen molar-refractivity contribution in [2.45, 2.75) is 24.2 Å². The zero-order chi connectivity index (χ0) is 21.7. The molecule has 0 aliphatic carbocycles. The Morgan fingerprint density at radius 2 is 1.83 bits per heavy atom. The fourth-order valence-corrected chi connectivity index (χ4v) is 3.17. The number of carbonyl (C=O) groups is 1. The summed E-state index contributed by atoms with van der Waals surface area (Å²) in [6.07, 6.45) is 0. The van der Waals surface area contributed by atoms with Gasteiger partial charge in [0.15, 0.2) is 6.61 Å². The third-order valence-electron chi connectivity index (χ3n) is 3.88. The van der Waals surface area contributed by atoms with E-state index in [1.807, 2.05) is 6.92 Å². The van der Waals surface area contributed by atoms with Gasteiger partial charge in [-0.05, 0) is 43.3 Å². The second-order valence-electron chi connectivity index (χ2n) is 5.85. The fourth-order valence-electron chi connectivity index (χ4n) is 2.45. The molecule has 8 nitrogen and oxygen atoms in total. The highest BCUT2D eigenvalue weighted by molar-refractivity contribution is 7.91. The summed E-state index contributed by atoms with van der Waals surface area (Å²) in [5.41, 5.74) is 0.584. The lowest BCUT2D eigenvalue weighted by Crippen LogP contribution is -2.12. The Morgan fingerprint density at radius 1 is 1.13 bits per heavy atom. The number of hydrogen-bond donors (Lipinski definition) is 0. The molecule has 0 spiro atoms. The van der Waals surface area contributed by atoms with Gasteiger partial charge in [0.05, 0.1) is 22.6 Å². The molecule has 0 amide bonds. The number of esters is 1. The number of rotatable bonds is 8. The fraction of sp³-hybridized carbons (Fsp3) is 0.211. The van der Waals surface area contributed by atoms with Crippen molar-refractivity contribution in [1.82, 2.24) is 10.1 Å². The number of nitrogens with zero attached hydrogens (tertiary/aromatic N) is 2. The van der Waals surface area contributed by atoms with Crippen LogP contribution in [0.1, 0.15) is 23.2 Å². The van der Waals surface area contributed by atoms with E-state index in [1.54, 1.807) is 24.3 Å². The van der Waals surface area contributed by atoms with E-state index < -0.39 is 26.5 Å². The number of ether oxygens (including phenoxy) is 2. The Hall–Kier alpha value is -3.34. The Morgan fingerprint density at radius 3 is 2.50 bits per heavy atom. The summed E-state index contributed by atoms with van der Waals surface area (Å²) in [6.45, 7) is 1.96. The third kappa shape index (κ3) is 4.62. The molecule has 30 heavy (non-hydrogen) atoms. The average molecular weight is 438 g/mol. The van der Waals surface area contributed by atoms with Crippen LogP contribution in [0.5, 0.6) is 5.75 Å². The molecule has 158 valence electrons. The van der Waals surface area contributed by atoms with E-state index in [0.29, 0.717) is 17.9 Å². The van der Waals surface area contributed by atoms with Gasteiger partial charge in [-0.3, -0.25) is 0 Å². The smallest absolute Gasteiger partial charge is 0.341 e. The molecule has 0 saturated heterocycles. The van der Waals surface area contributed by atoms with Gasteiger partial charge in [-0.2, -0.15) is 13.8 Å². The Labute approximate surface area is 170 Å². The molecule has 0 atom stereocenters. The lowest BCUT2D eigenvalue weighted by molar-refractivity contribution is 0.0429. The van der Waals surface area contributed by atoms with Crippen LogP contribution in [0.2, 0.25) is 0 Å². The van der Waals surface area contributed by atoms with Crippen molar-refractivity contribution in [2.24, 2.45) is 0 Å². The highest BCUT2D eigenvalue weighted by Gasteiger charge is 2.26. The number of hydrogen-bond acceptors (Lipinski definition) is 8. The molecule has 3 rings (SSSR count). The first-order chi connectivity index (χ1) is 14.3. The second kappa shape index (κ2) is 8.99. The molecule has 0 aliphatic heterocycles. The summed E-state index contributed by atoms with van der Waals surface area (Å²) in [6, 6.07) is 11.1. The molecule has 0 fully saturated rings. The highest BCUT2D eigenvalue weighted by atomic mass is 32.2. The molecule has 3 aromatic rings. The van der Waals surface area contributed by atoms with Gasteiger partial charge in [0.2, 0.25) is 15.7 Å². The van der Waals surface area contributed by atoms with Crippen LogP contribution in [-0.4, -0.2) is 36.9 Å². The number of carbonyl (C=O) groups excluding carboxylic acids is 1. The molecule has 0 N–H and O–H groups in total. The van der Waals surface area contributed by atoms with Crippen LogP contribution >= 0.6 is 0 Å². The molecule has 0 unspecified atom stereocenters. The topological polar surface area (TPSA) is 109 Å². The van der Waals surface area contributed by atoms with Gasteiger partial charge in [0.25, 0.3) is 5.89 Å². The van der Waals surface area contributed by atoms with Crippen molar-refractivity contribution in [3.8, 4) is 17.1 Å². The van der Waals surface area contributed by atoms with Crippen molar-refractivity contribution in [3.63, 3.8) is 0 Å². The molecule has 0 saturated carbocycles. The molecule has 2 aromatic carbocycles. The quantitative estimate of drug-likeness (QED) is 0.492. The SMILES string of the molecule is CCOc1ccccc1-c1noc(COC(=O)c2ccc(S(=O)(=O)C(F)F)cc2)n1. The summed E-state index contributed by atoms with van der Waals surface area (Å²) in [7, 11) is -4.73. The zero-order valence-corrected chi connectivity index (χ0v) is 16.4. The van der Waals surface area contributed by atoms with Gasteiger partial charge in [-0.15, -0.1) is 0 Å². The van der Waals surface area contributed by atoms with Crippen LogP contribution in [0, 0.1) is 0 Å². The predicted molar refractivity (Wildman–Crippen MR) is 99.7 cm³/mol. The third-order valence-corrected chi connectivity index (χ3v) is 5.27. The number of aromatic nitrogens is 2. The Kier molecular flexibility index (Phi) is 6.40. The van der Waals surface area contributed by atoms with Crippen molar-refractivity contribution in [2.75, 3.05) is 6.61 Å². The maximum Gasteiger partial charge on any atom is 0.341 e. The van der Waals surface area contributed by atoms with Gasteiger partial charge in [-0.1, -0.05) is 17.3 Å². The number of sulfone groups is 1. The largest absolute Gasteiger partial charge is 0.493 e. The molecular weight excluding hydrogens is 422 g/mol. The average Bonchev–Trinajstić information content (AvgIpc) is 3.21. The Bertz CT molecular complexity index is 1130. The molecule has 1 heterocycles. The first-order valence-electron chi connectivity index (χ1n) is 8.67. The van der Waals surface area contributed by atoms with Crippen molar-refractivity contribution < 1.29 is 36.0 Å². The summed E-state index contributed by atoms with van der Waals surface area (Å²) in [4.78, 5) is 15.7. The van der Waals surface area contributed by atoms with Crippen LogP contribution in [0.15, 0.2) is 57.9 Å². The second-order valence-corrected chi connectivity index (χ2v) is 7.76. The van der Waals surface area contributed by atoms with E-state index in [2.05, 4.69) is 10.1 Å². The van der Waals surface area contributed by atoms with E-state index in [-0.39, 0.29) is 23.9 Å².